The van der Waals surface area contributed by atoms with E-state index in [0.29, 0.717) is 12.1 Å². The molecule has 2 aromatic carbocycles. The Morgan fingerprint density at radius 3 is 1.66 bits per heavy atom. The highest BCUT2D eigenvalue weighted by Gasteiger charge is 2.25. The van der Waals surface area contributed by atoms with E-state index in [0.717, 1.165) is 16.7 Å². The molecule has 0 radical (unpaired) electrons. The van der Waals surface area contributed by atoms with Crippen molar-refractivity contribution in [1.82, 2.24) is 31.0 Å². The monoisotopic (exact) mass is 730 g/mol. The molecule has 2 heterocycles. The van der Waals surface area contributed by atoms with Crippen molar-refractivity contribution in [2.24, 2.45) is 0 Å². The summed E-state index contributed by atoms with van der Waals surface area (Å²) in [5.74, 6) is -1.46. The molecule has 4 amide bonds. The van der Waals surface area contributed by atoms with Crippen LogP contribution in [0.3, 0.4) is 0 Å². The van der Waals surface area contributed by atoms with Crippen LogP contribution in [-0.4, -0.2) is 109 Å². The summed E-state index contributed by atoms with van der Waals surface area (Å²) in [4.78, 5) is 97.4. The third-order valence-corrected chi connectivity index (χ3v) is 6.91. The molecule has 0 spiro atoms. The zero-order valence-corrected chi connectivity index (χ0v) is 28.1. The van der Waals surface area contributed by atoms with Gasteiger partial charge >= 0.3 is 23.9 Å². The molecule has 4 N–H and O–H groups in total. The van der Waals surface area contributed by atoms with Crippen molar-refractivity contribution in [2.75, 3.05) is 46.1 Å². The minimum Gasteiger partial charge on any atom is -0.454 e. The number of rotatable bonds is 4. The first kappa shape index (κ1) is 38.8. The Morgan fingerprint density at radius 2 is 1.09 bits per heavy atom. The molecular formula is C35H34N6O12. The number of benzene rings is 2. The van der Waals surface area contributed by atoms with Gasteiger partial charge in [-0.15, -0.1) is 0 Å². The number of nitrogens with one attached hydrogen (secondary N) is 4. The summed E-state index contributed by atoms with van der Waals surface area (Å²) < 4.78 is 21.0. The summed E-state index contributed by atoms with van der Waals surface area (Å²) in [6.07, 6.45) is 3.37. The van der Waals surface area contributed by atoms with Crippen LogP contribution in [-0.2, 0) is 70.3 Å². The third kappa shape index (κ3) is 14.4. The number of carbonyl (C=O) groups excluding carboxylic acids is 8. The summed E-state index contributed by atoms with van der Waals surface area (Å²) in [6.45, 7) is -4.87. The first-order chi connectivity index (χ1) is 25.5. The average molecular weight is 731 g/mol. The lowest BCUT2D eigenvalue weighted by molar-refractivity contribution is -0.154. The molecule has 1 atom stereocenters. The van der Waals surface area contributed by atoms with Crippen LogP contribution in [0.4, 0.5) is 0 Å². The Balaban J connectivity index is 1.38. The normalized spacial score (nSPS) is 17.5. The molecule has 0 saturated carbocycles. The molecule has 53 heavy (non-hydrogen) atoms. The van der Waals surface area contributed by atoms with Gasteiger partial charge in [0.15, 0.2) is 26.4 Å². The predicted molar refractivity (Wildman–Crippen MR) is 179 cm³/mol. The highest BCUT2D eigenvalue weighted by Crippen LogP contribution is 2.11. The maximum atomic E-state index is 13.0. The van der Waals surface area contributed by atoms with E-state index in [-0.39, 0.29) is 6.42 Å². The molecule has 4 rings (SSSR count). The van der Waals surface area contributed by atoms with Crippen LogP contribution < -0.4 is 21.3 Å². The number of amides is 4. The van der Waals surface area contributed by atoms with E-state index < -0.39 is 99.6 Å². The Bertz CT molecular complexity index is 1880. The molecule has 18 nitrogen and oxygen atoms in total. The van der Waals surface area contributed by atoms with Crippen molar-refractivity contribution in [3.8, 4) is 11.8 Å². The SMILES string of the molecule is O=C1COC(=O)CNC(=O)COC(=O)C(Cc2ccc(Cn3cc(C#Cc4ccccc4)cn3)cc2)NC(=O)COC(=O)CNC(=O)COC(=O)CN1. The summed E-state index contributed by atoms with van der Waals surface area (Å²) in [5, 5.41) is 13.1. The van der Waals surface area contributed by atoms with Crippen LogP contribution in [0.1, 0.15) is 22.3 Å². The van der Waals surface area contributed by atoms with Gasteiger partial charge in [-0.05, 0) is 23.3 Å². The molecule has 1 saturated heterocycles. The zero-order valence-electron chi connectivity index (χ0n) is 28.1. The number of hydrogen-bond donors (Lipinski definition) is 4. The highest BCUT2D eigenvalue weighted by molar-refractivity contribution is 5.90. The Kier molecular flexibility index (Phi) is 14.6. The number of carbonyl (C=O) groups is 8. The van der Waals surface area contributed by atoms with Crippen molar-refractivity contribution in [2.45, 2.75) is 19.0 Å². The fourth-order valence-corrected chi connectivity index (χ4v) is 4.31. The van der Waals surface area contributed by atoms with Gasteiger partial charge in [0.05, 0.1) is 18.3 Å². The fraction of sp³-hybridized carbons (Fsp3) is 0.286. The molecule has 1 aliphatic heterocycles. The molecule has 1 unspecified atom stereocenters. The first-order valence-corrected chi connectivity index (χ1v) is 15.9. The van der Waals surface area contributed by atoms with Gasteiger partial charge < -0.3 is 40.2 Å². The lowest BCUT2D eigenvalue weighted by atomic mass is 10.0. The number of esters is 4. The average Bonchev–Trinajstić information content (AvgIpc) is 3.61. The standard InChI is InChI=1S/C35H34N6O12/c42-28-19-51-33(47)15-38-30(44)21-53-35(49)27(40-31(45)22-52-34(48)16-37-29(43)20-50-32(46)14-36-28)12-24-7-9-25(10-8-24)17-41-18-26(13-39-41)11-6-23-4-2-1-3-5-23/h1-5,7-10,13,18,27H,12,14-17,19-22H2,(H,36,42)(H,37,43)(H,38,44)(H,40,45). The van der Waals surface area contributed by atoms with E-state index in [4.69, 9.17) is 14.2 Å². The summed E-state index contributed by atoms with van der Waals surface area (Å²) in [6, 6.07) is 15.2. The van der Waals surface area contributed by atoms with Gasteiger partial charge in [0.1, 0.15) is 25.7 Å². The van der Waals surface area contributed by atoms with Crippen LogP contribution in [0.2, 0.25) is 0 Å². The minimum atomic E-state index is -1.35. The van der Waals surface area contributed by atoms with E-state index in [9.17, 15) is 38.4 Å². The molecule has 3 aromatic rings. The van der Waals surface area contributed by atoms with Gasteiger partial charge in [0.2, 0.25) is 0 Å². The van der Waals surface area contributed by atoms with Gasteiger partial charge in [0.25, 0.3) is 23.6 Å². The predicted octanol–water partition coefficient (Wildman–Crippen LogP) is -2.11. The molecule has 276 valence electrons. The summed E-state index contributed by atoms with van der Waals surface area (Å²) >= 11 is 0. The van der Waals surface area contributed by atoms with E-state index in [1.165, 1.54) is 0 Å². The molecule has 0 aliphatic carbocycles. The largest absolute Gasteiger partial charge is 0.454 e. The fourth-order valence-electron chi connectivity index (χ4n) is 4.31. The molecule has 0 bridgehead atoms. The molecule has 1 fully saturated rings. The highest BCUT2D eigenvalue weighted by atomic mass is 16.6. The number of cyclic esters (lactones) is 4. The van der Waals surface area contributed by atoms with Gasteiger partial charge in [-0.25, -0.2) is 4.79 Å². The smallest absolute Gasteiger partial charge is 0.329 e. The second kappa shape index (κ2) is 20.0. The van der Waals surface area contributed by atoms with E-state index >= 15 is 0 Å². The van der Waals surface area contributed by atoms with Crippen LogP contribution >= 0.6 is 0 Å². The van der Waals surface area contributed by atoms with Crippen LogP contribution in [0.5, 0.6) is 0 Å². The maximum Gasteiger partial charge on any atom is 0.329 e. The number of ether oxygens (including phenoxy) is 4. The van der Waals surface area contributed by atoms with Crippen molar-refractivity contribution in [1.29, 1.82) is 0 Å². The molecular weight excluding hydrogens is 696 g/mol. The number of aromatic nitrogens is 2. The zero-order chi connectivity index (χ0) is 38.0. The van der Waals surface area contributed by atoms with Gasteiger partial charge in [-0.1, -0.05) is 54.3 Å². The Labute approximate surface area is 301 Å². The Morgan fingerprint density at radius 1 is 0.604 bits per heavy atom. The summed E-state index contributed by atoms with van der Waals surface area (Å²) in [5.41, 5.74) is 3.07. The van der Waals surface area contributed by atoms with Gasteiger partial charge in [0, 0.05) is 18.2 Å². The first-order valence-electron chi connectivity index (χ1n) is 15.9. The van der Waals surface area contributed by atoms with Crippen molar-refractivity contribution in [3.05, 3.63) is 89.2 Å². The van der Waals surface area contributed by atoms with E-state index in [1.54, 1.807) is 41.3 Å². The number of hydrogen-bond acceptors (Lipinski definition) is 13. The molecule has 18 heteroatoms. The van der Waals surface area contributed by atoms with Crippen LogP contribution in [0, 0.1) is 11.8 Å². The second-order valence-electron chi connectivity index (χ2n) is 11.1. The van der Waals surface area contributed by atoms with Gasteiger partial charge in [-0.2, -0.15) is 5.10 Å². The van der Waals surface area contributed by atoms with Crippen molar-refractivity contribution < 1.29 is 57.3 Å². The van der Waals surface area contributed by atoms with E-state index in [1.807, 2.05) is 30.3 Å². The third-order valence-electron chi connectivity index (χ3n) is 6.91. The van der Waals surface area contributed by atoms with Crippen molar-refractivity contribution >= 4 is 47.5 Å². The lowest BCUT2D eigenvalue weighted by Crippen LogP contribution is -2.46. The molecule has 1 aliphatic rings. The van der Waals surface area contributed by atoms with E-state index in [2.05, 4.69) is 42.9 Å². The molecule has 1 aromatic heterocycles. The Hall–Kier alpha value is -7.03. The lowest BCUT2D eigenvalue weighted by Gasteiger charge is -2.18. The summed E-state index contributed by atoms with van der Waals surface area (Å²) in [7, 11) is 0. The second-order valence-corrected chi connectivity index (χ2v) is 11.1. The topological polar surface area (TPSA) is 239 Å². The van der Waals surface area contributed by atoms with Gasteiger partial charge in [-0.3, -0.25) is 38.2 Å². The van der Waals surface area contributed by atoms with Crippen molar-refractivity contribution in [3.63, 3.8) is 0 Å². The van der Waals surface area contributed by atoms with Crippen LogP contribution in [0.25, 0.3) is 0 Å². The number of nitrogens with zero attached hydrogens (tertiary/aromatic N) is 2. The quantitative estimate of drug-likeness (QED) is 0.128. The maximum absolute atomic E-state index is 13.0. The van der Waals surface area contributed by atoms with Crippen LogP contribution in [0.15, 0.2) is 67.0 Å². The minimum absolute atomic E-state index is 0.0927.